The Hall–Kier alpha value is -0.260. The lowest BCUT2D eigenvalue weighted by Crippen LogP contribution is -1.95. The molecule has 178 valence electrons. The number of hydrogen-bond acceptors (Lipinski definition) is 0. The van der Waals surface area contributed by atoms with E-state index in [1.165, 1.54) is 141 Å². The van der Waals surface area contributed by atoms with Crippen molar-refractivity contribution in [2.75, 3.05) is 0 Å². The van der Waals surface area contributed by atoms with Gasteiger partial charge in [-0.2, -0.15) is 0 Å². The third-order valence-electron chi connectivity index (χ3n) is 6.55. The molecule has 0 fully saturated rings. The second-order valence-corrected chi connectivity index (χ2v) is 9.80. The van der Waals surface area contributed by atoms with E-state index in [4.69, 9.17) is 0 Å². The van der Waals surface area contributed by atoms with Gasteiger partial charge in [-0.05, 0) is 31.6 Å². The average molecular weight is 419 g/mol. The van der Waals surface area contributed by atoms with Crippen LogP contribution in [-0.4, -0.2) is 0 Å². The van der Waals surface area contributed by atoms with E-state index in [9.17, 15) is 0 Å². The van der Waals surface area contributed by atoms with E-state index in [0.717, 1.165) is 18.8 Å². The summed E-state index contributed by atoms with van der Waals surface area (Å²) in [5.74, 6) is 0.939. The van der Waals surface area contributed by atoms with Crippen molar-refractivity contribution in [2.24, 2.45) is 5.92 Å². The fourth-order valence-electron chi connectivity index (χ4n) is 4.36. The maximum atomic E-state index is 3.92. The van der Waals surface area contributed by atoms with Crippen LogP contribution >= 0.6 is 0 Å². The monoisotopic (exact) mass is 418 g/mol. The van der Waals surface area contributed by atoms with Gasteiger partial charge < -0.3 is 0 Å². The van der Waals surface area contributed by atoms with Crippen LogP contribution in [0.15, 0.2) is 12.2 Å². The first-order valence-electron chi connectivity index (χ1n) is 14.0. The van der Waals surface area contributed by atoms with E-state index in [1.54, 1.807) is 0 Å². The lowest BCUT2D eigenvalue weighted by atomic mass is 9.96. The molecule has 0 saturated carbocycles. The molecule has 0 aliphatic heterocycles. The molecule has 2 radical (unpaired) electrons. The van der Waals surface area contributed by atoms with Gasteiger partial charge in [-0.25, -0.2) is 0 Å². The summed E-state index contributed by atoms with van der Waals surface area (Å²) in [7, 11) is 0. The second kappa shape index (κ2) is 26.8. The van der Waals surface area contributed by atoms with Crippen LogP contribution in [0.3, 0.4) is 0 Å². The minimum atomic E-state index is 0.939. The Morgan fingerprint density at radius 3 is 1.13 bits per heavy atom. The Morgan fingerprint density at radius 1 is 0.433 bits per heavy atom. The highest BCUT2D eigenvalue weighted by molar-refractivity contribution is 4.81. The van der Waals surface area contributed by atoms with Gasteiger partial charge in [-0.3, -0.25) is 0 Å². The first-order valence-corrected chi connectivity index (χ1v) is 14.0. The zero-order valence-corrected chi connectivity index (χ0v) is 21.1. The Balaban J connectivity index is 3.19. The van der Waals surface area contributed by atoms with E-state index in [-0.39, 0.29) is 0 Å². The second-order valence-electron chi connectivity index (χ2n) is 9.80. The molecule has 0 amide bonds. The third kappa shape index (κ3) is 25.8. The number of allylic oxidation sites excluding steroid dienone is 2. The molecule has 0 N–H and O–H groups in total. The first kappa shape index (κ1) is 29.7. The highest BCUT2D eigenvalue weighted by Gasteiger charge is 2.02. The Morgan fingerprint density at radius 2 is 0.733 bits per heavy atom. The highest BCUT2D eigenvalue weighted by Crippen LogP contribution is 2.18. The van der Waals surface area contributed by atoms with E-state index in [0.29, 0.717) is 0 Å². The number of rotatable bonds is 25. The Kier molecular flexibility index (Phi) is 26.5. The van der Waals surface area contributed by atoms with Crippen LogP contribution in [0.25, 0.3) is 0 Å². The van der Waals surface area contributed by atoms with Gasteiger partial charge in [0.1, 0.15) is 0 Å². The molecule has 0 aromatic heterocycles. The topological polar surface area (TPSA) is 0 Å². The van der Waals surface area contributed by atoms with Gasteiger partial charge in [0.2, 0.25) is 0 Å². The van der Waals surface area contributed by atoms with Crippen LogP contribution < -0.4 is 0 Å². The maximum Gasteiger partial charge on any atom is -0.0351 e. The first-order chi connectivity index (χ1) is 14.8. The molecular weight excluding hydrogens is 360 g/mol. The zero-order valence-electron chi connectivity index (χ0n) is 21.1. The third-order valence-corrected chi connectivity index (χ3v) is 6.55. The number of unbranched alkanes of at least 4 members (excludes halogenated alkanes) is 19. The van der Waals surface area contributed by atoms with Crippen LogP contribution in [0.4, 0.5) is 0 Å². The van der Waals surface area contributed by atoms with Crippen molar-refractivity contribution in [2.45, 2.75) is 161 Å². The molecule has 0 saturated heterocycles. The zero-order chi connectivity index (χ0) is 22.0. The van der Waals surface area contributed by atoms with E-state index in [1.807, 2.05) is 0 Å². The van der Waals surface area contributed by atoms with E-state index in [2.05, 4.69) is 32.9 Å². The van der Waals surface area contributed by atoms with Crippen molar-refractivity contribution in [1.29, 1.82) is 0 Å². The largest absolute Gasteiger partial charge is 0.0885 e. The summed E-state index contributed by atoms with van der Waals surface area (Å²) in [6.45, 7) is 10.3. The predicted molar refractivity (Wildman–Crippen MR) is 140 cm³/mol. The summed E-state index contributed by atoms with van der Waals surface area (Å²) in [6.07, 6.45) is 38.1. The summed E-state index contributed by atoms with van der Waals surface area (Å²) in [4.78, 5) is 0. The molecule has 0 aliphatic rings. The molecule has 0 rings (SSSR count). The van der Waals surface area contributed by atoms with Gasteiger partial charge in [0.15, 0.2) is 0 Å². The molecule has 0 heteroatoms. The minimum Gasteiger partial charge on any atom is -0.0885 e. The van der Waals surface area contributed by atoms with Gasteiger partial charge >= 0.3 is 0 Å². The van der Waals surface area contributed by atoms with Crippen molar-refractivity contribution in [3.05, 3.63) is 26.0 Å². The van der Waals surface area contributed by atoms with Crippen molar-refractivity contribution in [1.82, 2.24) is 0 Å². The molecule has 1 unspecified atom stereocenters. The Bertz CT molecular complexity index is 316. The normalized spacial score (nSPS) is 12.8. The van der Waals surface area contributed by atoms with Gasteiger partial charge in [0.25, 0.3) is 0 Å². The number of hydrogen-bond donors (Lipinski definition) is 0. The molecule has 0 aromatic carbocycles. The van der Waals surface area contributed by atoms with Crippen molar-refractivity contribution < 1.29 is 0 Å². The van der Waals surface area contributed by atoms with Crippen LogP contribution in [0.5, 0.6) is 0 Å². The fraction of sp³-hybridized carbons (Fsp3) is 0.867. The molecule has 30 heavy (non-hydrogen) atoms. The van der Waals surface area contributed by atoms with Gasteiger partial charge in [-0.15, -0.1) is 0 Å². The van der Waals surface area contributed by atoms with Crippen LogP contribution in [0, 0.1) is 19.8 Å². The fourth-order valence-corrected chi connectivity index (χ4v) is 4.36. The molecule has 0 heterocycles. The summed E-state index contributed by atoms with van der Waals surface area (Å²) >= 11 is 0. The van der Waals surface area contributed by atoms with Crippen LogP contribution in [0.2, 0.25) is 0 Å². The minimum absolute atomic E-state index is 0.939. The predicted octanol–water partition coefficient (Wildman–Crippen LogP) is 11.2. The molecule has 0 aromatic rings. The molecule has 0 nitrogen and oxygen atoms in total. The van der Waals surface area contributed by atoms with Gasteiger partial charge in [-0.1, -0.05) is 161 Å². The lowest BCUT2D eigenvalue weighted by Gasteiger charge is -2.10. The summed E-state index contributed by atoms with van der Waals surface area (Å²) < 4.78 is 0. The molecule has 0 spiro atoms. The summed E-state index contributed by atoms with van der Waals surface area (Å²) in [5, 5.41) is 0. The molecular formula is C30H58. The summed E-state index contributed by atoms with van der Waals surface area (Å²) in [5.41, 5.74) is 0. The lowest BCUT2D eigenvalue weighted by molar-refractivity contribution is 0.434. The van der Waals surface area contributed by atoms with Crippen molar-refractivity contribution >= 4 is 0 Å². The smallest absolute Gasteiger partial charge is 0.0351 e. The average Bonchev–Trinajstić information content (AvgIpc) is 2.75. The van der Waals surface area contributed by atoms with Crippen molar-refractivity contribution in [3.8, 4) is 0 Å². The Labute approximate surface area is 193 Å². The van der Waals surface area contributed by atoms with Gasteiger partial charge in [0.05, 0.1) is 0 Å². The maximum absolute atomic E-state index is 3.92. The van der Waals surface area contributed by atoms with Crippen molar-refractivity contribution in [3.63, 3.8) is 0 Å². The SMILES string of the molecule is [CH2]CCCCCCCCCCC/C=C/CCCCCC(C)CCCCCCCC[CH2]. The van der Waals surface area contributed by atoms with Gasteiger partial charge in [0, 0.05) is 0 Å². The standard InChI is InChI=1S/C30H58/c1-4-6-8-10-12-13-14-15-16-17-18-19-20-21-23-25-27-29-30(3)28-26-24-22-11-9-7-5-2/h19-20,30H,1-2,4-18,21-29H2,3H3/b20-19+. The molecule has 1 atom stereocenters. The quantitative estimate of drug-likeness (QED) is 0.102. The highest BCUT2D eigenvalue weighted by atomic mass is 14.1. The van der Waals surface area contributed by atoms with Crippen LogP contribution in [0.1, 0.15) is 161 Å². The summed E-state index contributed by atoms with van der Waals surface area (Å²) in [6, 6.07) is 0. The molecule has 0 aliphatic carbocycles. The van der Waals surface area contributed by atoms with E-state index < -0.39 is 0 Å². The van der Waals surface area contributed by atoms with E-state index >= 15 is 0 Å². The van der Waals surface area contributed by atoms with Crippen LogP contribution in [-0.2, 0) is 0 Å². The molecule has 0 bridgehead atoms.